The molecule has 3 rings (SSSR count). The lowest BCUT2D eigenvalue weighted by Crippen LogP contribution is -2.29. The van der Waals surface area contributed by atoms with Gasteiger partial charge in [0.15, 0.2) is 0 Å². The minimum Gasteiger partial charge on any atom is -0.311 e. The van der Waals surface area contributed by atoms with Crippen molar-refractivity contribution in [3.8, 4) is 0 Å². The Labute approximate surface area is 125 Å². The Kier molecular flexibility index (Phi) is 4.27. The van der Waals surface area contributed by atoms with E-state index in [4.69, 9.17) is 11.6 Å². The summed E-state index contributed by atoms with van der Waals surface area (Å²) in [5, 5.41) is -0.0458. The topological polar surface area (TPSA) is 23.6 Å². The van der Waals surface area contributed by atoms with Crippen LogP contribution in [0, 0.1) is 0 Å². The largest absolute Gasteiger partial charge is 0.311 e. The Morgan fingerprint density at radius 1 is 1.10 bits per heavy atom. The number of benzene rings is 1. The average molecular weight is 293 g/mol. The van der Waals surface area contributed by atoms with Gasteiger partial charge in [0, 0.05) is 25.2 Å². The lowest BCUT2D eigenvalue weighted by atomic mass is 10.1. The Morgan fingerprint density at radius 2 is 1.80 bits per heavy atom. The van der Waals surface area contributed by atoms with Crippen LogP contribution in [-0.2, 0) is 11.3 Å². The maximum atomic E-state index is 11.8. The molecule has 2 saturated heterocycles. The van der Waals surface area contributed by atoms with Crippen LogP contribution in [0.1, 0.15) is 31.2 Å². The molecular weight excluding hydrogens is 272 g/mol. The van der Waals surface area contributed by atoms with Gasteiger partial charge in [-0.15, -0.1) is 11.6 Å². The van der Waals surface area contributed by atoms with E-state index in [1.807, 2.05) is 12.1 Å². The van der Waals surface area contributed by atoms with E-state index < -0.39 is 0 Å². The highest BCUT2D eigenvalue weighted by molar-refractivity contribution is 6.24. The number of hydrogen-bond acceptors (Lipinski definition) is 2. The zero-order valence-electron chi connectivity index (χ0n) is 11.7. The molecule has 0 aromatic heterocycles. The number of carbonyl (C=O) groups excluding carboxylic acids is 1. The number of rotatable bonds is 3. The SMILES string of the molecule is O=C1CC(Cl)CN1c1ccc(CN2CCCCC2)cc1. The molecule has 1 amide bonds. The number of anilines is 1. The first-order valence-corrected chi connectivity index (χ1v) is 7.92. The number of carbonyl (C=O) groups is 1. The second kappa shape index (κ2) is 6.15. The van der Waals surface area contributed by atoms with Gasteiger partial charge in [-0.3, -0.25) is 9.69 Å². The molecule has 0 spiro atoms. The van der Waals surface area contributed by atoms with E-state index in [2.05, 4.69) is 17.0 Å². The first kappa shape index (κ1) is 13.9. The Hall–Kier alpha value is -1.06. The Bertz CT molecular complexity index is 468. The number of likely N-dealkylation sites (tertiary alicyclic amines) is 1. The maximum absolute atomic E-state index is 11.8. The van der Waals surface area contributed by atoms with E-state index >= 15 is 0 Å². The van der Waals surface area contributed by atoms with E-state index in [-0.39, 0.29) is 11.3 Å². The maximum Gasteiger partial charge on any atom is 0.228 e. The third-order valence-electron chi connectivity index (χ3n) is 4.18. The second-order valence-corrected chi connectivity index (χ2v) is 6.43. The zero-order valence-corrected chi connectivity index (χ0v) is 12.5. The molecule has 20 heavy (non-hydrogen) atoms. The van der Waals surface area contributed by atoms with Gasteiger partial charge in [0.2, 0.25) is 5.91 Å². The molecular formula is C16H21ClN2O. The molecule has 2 fully saturated rings. The fraction of sp³-hybridized carbons (Fsp3) is 0.562. The first-order chi connectivity index (χ1) is 9.72. The van der Waals surface area contributed by atoms with Gasteiger partial charge in [0.1, 0.15) is 0 Å². The van der Waals surface area contributed by atoms with Crippen LogP contribution in [0.25, 0.3) is 0 Å². The van der Waals surface area contributed by atoms with Crippen molar-refractivity contribution in [3.63, 3.8) is 0 Å². The van der Waals surface area contributed by atoms with Crippen LogP contribution in [0.3, 0.4) is 0 Å². The minimum absolute atomic E-state index is 0.0458. The fourth-order valence-electron chi connectivity index (χ4n) is 3.07. The van der Waals surface area contributed by atoms with Crippen molar-refractivity contribution < 1.29 is 4.79 Å². The summed E-state index contributed by atoms with van der Waals surface area (Å²) in [6.45, 7) is 4.07. The lowest BCUT2D eigenvalue weighted by molar-refractivity contribution is -0.117. The number of nitrogens with zero attached hydrogens (tertiary/aromatic N) is 2. The molecule has 2 heterocycles. The number of piperidine rings is 1. The average Bonchev–Trinajstić information content (AvgIpc) is 2.80. The summed E-state index contributed by atoms with van der Waals surface area (Å²) in [6.07, 6.45) is 4.46. The van der Waals surface area contributed by atoms with Crippen molar-refractivity contribution in [2.75, 3.05) is 24.5 Å². The van der Waals surface area contributed by atoms with Crippen molar-refractivity contribution >= 4 is 23.2 Å². The quantitative estimate of drug-likeness (QED) is 0.800. The smallest absolute Gasteiger partial charge is 0.228 e. The van der Waals surface area contributed by atoms with Crippen LogP contribution in [0.5, 0.6) is 0 Å². The van der Waals surface area contributed by atoms with E-state index in [0.717, 1.165) is 12.2 Å². The molecule has 1 atom stereocenters. The third-order valence-corrected chi connectivity index (χ3v) is 4.47. The molecule has 0 radical (unpaired) electrons. The predicted octanol–water partition coefficient (Wildman–Crippen LogP) is 3.02. The second-order valence-electron chi connectivity index (χ2n) is 5.81. The number of hydrogen-bond donors (Lipinski definition) is 0. The highest BCUT2D eigenvalue weighted by Gasteiger charge is 2.28. The summed E-state index contributed by atoms with van der Waals surface area (Å²) in [4.78, 5) is 16.1. The van der Waals surface area contributed by atoms with Gasteiger partial charge in [0.05, 0.1) is 5.38 Å². The summed E-state index contributed by atoms with van der Waals surface area (Å²) in [6, 6.07) is 8.37. The molecule has 1 aromatic rings. The van der Waals surface area contributed by atoms with Crippen LogP contribution in [0.4, 0.5) is 5.69 Å². The van der Waals surface area contributed by atoms with E-state index in [1.165, 1.54) is 37.9 Å². The summed E-state index contributed by atoms with van der Waals surface area (Å²) >= 11 is 6.04. The summed E-state index contributed by atoms with van der Waals surface area (Å²) in [5.74, 6) is 0.133. The monoisotopic (exact) mass is 292 g/mol. The van der Waals surface area contributed by atoms with Gasteiger partial charge in [-0.2, -0.15) is 0 Å². The molecule has 1 unspecified atom stereocenters. The van der Waals surface area contributed by atoms with Gasteiger partial charge in [-0.25, -0.2) is 0 Å². The molecule has 3 nitrogen and oxygen atoms in total. The third kappa shape index (κ3) is 3.15. The Morgan fingerprint density at radius 3 is 2.40 bits per heavy atom. The van der Waals surface area contributed by atoms with Gasteiger partial charge in [0.25, 0.3) is 0 Å². The van der Waals surface area contributed by atoms with Crippen LogP contribution in [0.2, 0.25) is 0 Å². The van der Waals surface area contributed by atoms with Gasteiger partial charge >= 0.3 is 0 Å². The fourth-order valence-corrected chi connectivity index (χ4v) is 3.34. The van der Waals surface area contributed by atoms with Crippen molar-refractivity contribution in [3.05, 3.63) is 29.8 Å². The molecule has 0 bridgehead atoms. The normalized spacial score (nSPS) is 24.4. The van der Waals surface area contributed by atoms with Crippen LogP contribution in [0.15, 0.2) is 24.3 Å². The molecule has 0 aliphatic carbocycles. The standard InChI is InChI=1S/C16H21ClN2O/c17-14-10-16(20)19(12-14)15-6-4-13(5-7-15)11-18-8-2-1-3-9-18/h4-7,14H,1-3,8-12H2. The zero-order chi connectivity index (χ0) is 13.9. The highest BCUT2D eigenvalue weighted by atomic mass is 35.5. The van der Waals surface area contributed by atoms with Gasteiger partial charge in [-0.05, 0) is 43.6 Å². The van der Waals surface area contributed by atoms with Gasteiger partial charge in [-0.1, -0.05) is 18.6 Å². The van der Waals surface area contributed by atoms with E-state index in [9.17, 15) is 4.79 Å². The number of amides is 1. The Balaban J connectivity index is 1.63. The van der Waals surface area contributed by atoms with E-state index in [1.54, 1.807) is 4.90 Å². The van der Waals surface area contributed by atoms with Crippen LogP contribution in [-0.4, -0.2) is 35.8 Å². The van der Waals surface area contributed by atoms with E-state index in [0.29, 0.717) is 13.0 Å². The highest BCUT2D eigenvalue weighted by Crippen LogP contribution is 2.25. The first-order valence-electron chi connectivity index (χ1n) is 7.48. The van der Waals surface area contributed by atoms with Crippen LogP contribution < -0.4 is 4.90 Å². The minimum atomic E-state index is -0.0458. The van der Waals surface area contributed by atoms with Crippen molar-refractivity contribution in [2.24, 2.45) is 0 Å². The molecule has 2 aliphatic rings. The lowest BCUT2D eigenvalue weighted by Gasteiger charge is -2.26. The predicted molar refractivity (Wildman–Crippen MR) is 82.2 cm³/mol. The molecule has 0 saturated carbocycles. The summed E-state index contributed by atoms with van der Waals surface area (Å²) in [7, 11) is 0. The number of alkyl halides is 1. The molecule has 2 aliphatic heterocycles. The van der Waals surface area contributed by atoms with Crippen molar-refractivity contribution in [1.82, 2.24) is 4.90 Å². The molecule has 4 heteroatoms. The summed E-state index contributed by atoms with van der Waals surface area (Å²) in [5.41, 5.74) is 2.30. The molecule has 0 N–H and O–H groups in total. The van der Waals surface area contributed by atoms with Crippen molar-refractivity contribution in [1.29, 1.82) is 0 Å². The molecule has 1 aromatic carbocycles. The molecule has 108 valence electrons. The summed E-state index contributed by atoms with van der Waals surface area (Å²) < 4.78 is 0. The van der Waals surface area contributed by atoms with Crippen molar-refractivity contribution in [2.45, 2.75) is 37.6 Å². The van der Waals surface area contributed by atoms with Crippen LogP contribution >= 0.6 is 11.6 Å². The number of halogens is 1. The van der Waals surface area contributed by atoms with Gasteiger partial charge < -0.3 is 4.90 Å².